The fourth-order valence-electron chi connectivity index (χ4n) is 1.79. The van der Waals surface area contributed by atoms with Crippen molar-refractivity contribution in [1.29, 1.82) is 0 Å². The molecular formula is C16H16N2O4. The molecule has 2 amide bonds. The van der Waals surface area contributed by atoms with Gasteiger partial charge < -0.3 is 9.47 Å². The number of carbonyl (C=O) groups is 2. The second kappa shape index (κ2) is 7.12. The van der Waals surface area contributed by atoms with Crippen LogP contribution in [0.5, 0.6) is 5.75 Å². The third kappa shape index (κ3) is 4.24. The second-order valence-corrected chi connectivity index (χ2v) is 4.50. The number of carbonyl (C=O) groups excluding carboxylic acids is 2. The molecule has 0 heterocycles. The van der Waals surface area contributed by atoms with Crippen molar-refractivity contribution in [3.05, 3.63) is 54.1 Å². The fourth-order valence-corrected chi connectivity index (χ4v) is 1.79. The van der Waals surface area contributed by atoms with Crippen LogP contribution in [-0.4, -0.2) is 19.3 Å². The van der Waals surface area contributed by atoms with Gasteiger partial charge in [0, 0.05) is 5.69 Å². The quantitative estimate of drug-likeness (QED) is 0.904. The first-order valence-electron chi connectivity index (χ1n) is 6.58. The lowest BCUT2D eigenvalue weighted by atomic mass is 10.2. The van der Waals surface area contributed by atoms with Crippen molar-refractivity contribution < 1.29 is 19.1 Å². The average molecular weight is 300 g/mol. The summed E-state index contributed by atoms with van der Waals surface area (Å²) in [6.07, 6.45) is -1.29. The lowest BCUT2D eigenvalue weighted by molar-refractivity contribution is 0.186. The Hall–Kier alpha value is -3.02. The van der Waals surface area contributed by atoms with Crippen LogP contribution in [0.2, 0.25) is 0 Å². The van der Waals surface area contributed by atoms with Gasteiger partial charge in [0.1, 0.15) is 0 Å². The molecule has 0 aliphatic rings. The molecule has 6 heteroatoms. The summed E-state index contributed by atoms with van der Waals surface area (Å²) in [5.74, 6) is 0.220. The molecule has 22 heavy (non-hydrogen) atoms. The number of anilines is 2. The highest BCUT2D eigenvalue weighted by Gasteiger charge is 2.11. The Kier molecular flexibility index (Phi) is 4.98. The van der Waals surface area contributed by atoms with Crippen molar-refractivity contribution >= 4 is 23.6 Å². The predicted molar refractivity (Wildman–Crippen MR) is 83.3 cm³/mol. The van der Waals surface area contributed by atoms with Gasteiger partial charge in [0.15, 0.2) is 5.75 Å². The van der Waals surface area contributed by atoms with Crippen LogP contribution in [0.15, 0.2) is 48.5 Å². The van der Waals surface area contributed by atoms with Gasteiger partial charge in [-0.1, -0.05) is 24.3 Å². The van der Waals surface area contributed by atoms with Crippen LogP contribution in [0.25, 0.3) is 0 Å². The third-order valence-corrected chi connectivity index (χ3v) is 2.78. The van der Waals surface area contributed by atoms with Crippen molar-refractivity contribution in [3.63, 3.8) is 0 Å². The molecule has 0 saturated carbocycles. The summed E-state index contributed by atoms with van der Waals surface area (Å²) in [7, 11) is 1.25. The van der Waals surface area contributed by atoms with E-state index in [1.54, 1.807) is 30.3 Å². The van der Waals surface area contributed by atoms with Crippen LogP contribution in [0.4, 0.5) is 21.0 Å². The van der Waals surface area contributed by atoms with Crippen molar-refractivity contribution in [2.24, 2.45) is 0 Å². The molecule has 0 aliphatic heterocycles. The minimum Gasteiger partial charge on any atom is -0.453 e. The van der Waals surface area contributed by atoms with E-state index in [4.69, 9.17) is 4.74 Å². The predicted octanol–water partition coefficient (Wildman–Crippen LogP) is 3.78. The molecule has 0 aromatic heterocycles. The van der Waals surface area contributed by atoms with Gasteiger partial charge in [-0.25, -0.2) is 9.59 Å². The molecule has 2 N–H and O–H groups in total. The van der Waals surface area contributed by atoms with Gasteiger partial charge in [-0.05, 0) is 36.8 Å². The molecule has 0 spiro atoms. The van der Waals surface area contributed by atoms with Crippen LogP contribution < -0.4 is 15.4 Å². The van der Waals surface area contributed by atoms with Crippen LogP contribution in [-0.2, 0) is 4.74 Å². The Bertz CT molecular complexity index is 685. The third-order valence-electron chi connectivity index (χ3n) is 2.78. The summed E-state index contributed by atoms with van der Waals surface area (Å²) in [5, 5.41) is 5.09. The molecule has 114 valence electrons. The maximum Gasteiger partial charge on any atom is 0.417 e. The largest absolute Gasteiger partial charge is 0.453 e. The van der Waals surface area contributed by atoms with Crippen LogP contribution in [0.1, 0.15) is 5.56 Å². The summed E-state index contributed by atoms with van der Waals surface area (Å²) in [5.41, 5.74) is 1.99. The van der Waals surface area contributed by atoms with E-state index in [-0.39, 0.29) is 5.75 Å². The van der Waals surface area contributed by atoms with Crippen molar-refractivity contribution in [3.8, 4) is 5.75 Å². The Morgan fingerprint density at radius 1 is 0.955 bits per heavy atom. The topological polar surface area (TPSA) is 76.7 Å². The number of aryl methyl sites for hydroxylation is 1. The normalized spacial score (nSPS) is 9.73. The standard InChI is InChI=1S/C16H16N2O4/c1-11-6-5-7-12(10-11)17-16(20)22-14-9-4-3-8-13(14)18-15(19)21-2/h3-10H,1-2H3,(H,17,20)(H,18,19). The smallest absolute Gasteiger partial charge is 0.417 e. The SMILES string of the molecule is COC(=O)Nc1ccccc1OC(=O)Nc1cccc(C)c1. The van der Waals surface area contributed by atoms with E-state index in [1.165, 1.54) is 7.11 Å². The van der Waals surface area contributed by atoms with E-state index < -0.39 is 12.2 Å². The molecule has 0 unspecified atom stereocenters. The maximum absolute atomic E-state index is 11.9. The highest BCUT2D eigenvalue weighted by Crippen LogP contribution is 2.24. The van der Waals surface area contributed by atoms with E-state index in [9.17, 15) is 9.59 Å². The highest BCUT2D eigenvalue weighted by molar-refractivity contribution is 5.90. The molecule has 2 rings (SSSR count). The Balaban J connectivity index is 2.07. The fraction of sp³-hybridized carbons (Fsp3) is 0.125. The maximum atomic E-state index is 11.9. The van der Waals surface area contributed by atoms with Gasteiger partial charge >= 0.3 is 12.2 Å². The summed E-state index contributed by atoms with van der Waals surface area (Å²) >= 11 is 0. The van der Waals surface area contributed by atoms with Gasteiger partial charge in [-0.2, -0.15) is 0 Å². The average Bonchev–Trinajstić information content (AvgIpc) is 2.49. The van der Waals surface area contributed by atoms with Gasteiger partial charge in [0.05, 0.1) is 12.8 Å². The van der Waals surface area contributed by atoms with E-state index in [0.29, 0.717) is 11.4 Å². The molecule has 2 aromatic carbocycles. The first kappa shape index (κ1) is 15.4. The molecular weight excluding hydrogens is 284 g/mol. The van der Waals surface area contributed by atoms with Gasteiger partial charge in [0.2, 0.25) is 0 Å². The number of methoxy groups -OCH3 is 1. The minimum atomic E-state index is -0.648. The number of ether oxygens (including phenoxy) is 2. The Morgan fingerprint density at radius 2 is 1.73 bits per heavy atom. The number of hydrogen-bond acceptors (Lipinski definition) is 4. The molecule has 2 aromatic rings. The molecule has 0 atom stereocenters. The van der Waals surface area contributed by atoms with Crippen LogP contribution >= 0.6 is 0 Å². The number of hydrogen-bond donors (Lipinski definition) is 2. The van der Waals surface area contributed by atoms with Crippen LogP contribution in [0.3, 0.4) is 0 Å². The second-order valence-electron chi connectivity index (χ2n) is 4.50. The van der Waals surface area contributed by atoms with E-state index in [1.807, 2.05) is 25.1 Å². The molecule has 0 bridgehead atoms. The number of nitrogens with one attached hydrogen (secondary N) is 2. The number of benzene rings is 2. The van der Waals surface area contributed by atoms with Crippen molar-refractivity contribution in [1.82, 2.24) is 0 Å². The van der Waals surface area contributed by atoms with Gasteiger partial charge in [0.25, 0.3) is 0 Å². The molecule has 0 fully saturated rings. The molecule has 0 radical (unpaired) electrons. The molecule has 0 saturated heterocycles. The van der Waals surface area contributed by atoms with Gasteiger partial charge in [-0.15, -0.1) is 0 Å². The summed E-state index contributed by atoms with van der Waals surface area (Å²) in [6, 6.07) is 13.9. The Morgan fingerprint density at radius 3 is 2.45 bits per heavy atom. The number of amides is 2. The van der Waals surface area contributed by atoms with Crippen molar-refractivity contribution in [2.45, 2.75) is 6.92 Å². The van der Waals surface area contributed by atoms with E-state index >= 15 is 0 Å². The number of para-hydroxylation sites is 2. The van der Waals surface area contributed by atoms with Crippen molar-refractivity contribution in [2.75, 3.05) is 17.7 Å². The Labute approximate surface area is 128 Å². The van der Waals surface area contributed by atoms with Gasteiger partial charge in [-0.3, -0.25) is 10.6 Å². The molecule has 0 aliphatic carbocycles. The summed E-state index contributed by atoms with van der Waals surface area (Å²) in [6.45, 7) is 1.92. The zero-order valence-corrected chi connectivity index (χ0v) is 12.3. The zero-order chi connectivity index (χ0) is 15.9. The first-order chi connectivity index (χ1) is 10.6. The first-order valence-corrected chi connectivity index (χ1v) is 6.58. The minimum absolute atomic E-state index is 0.220. The lowest BCUT2D eigenvalue weighted by Crippen LogP contribution is -2.18. The summed E-state index contributed by atoms with van der Waals surface area (Å²) < 4.78 is 9.73. The zero-order valence-electron chi connectivity index (χ0n) is 12.3. The highest BCUT2D eigenvalue weighted by atomic mass is 16.6. The number of rotatable bonds is 3. The monoisotopic (exact) mass is 300 g/mol. The van der Waals surface area contributed by atoms with Crippen LogP contribution in [0, 0.1) is 6.92 Å². The summed E-state index contributed by atoms with van der Waals surface area (Å²) in [4.78, 5) is 23.2. The lowest BCUT2D eigenvalue weighted by Gasteiger charge is -2.11. The van der Waals surface area contributed by atoms with E-state index in [0.717, 1.165) is 5.56 Å². The molecule has 6 nitrogen and oxygen atoms in total. The van der Waals surface area contributed by atoms with E-state index in [2.05, 4.69) is 15.4 Å².